The van der Waals surface area contributed by atoms with Crippen LogP contribution in [-0.2, 0) is 11.3 Å². The number of carbonyl (C=O) groups excluding carboxylic acids is 1. The molecule has 1 saturated heterocycles. The standard InChI is InChI=1S/C22H29ClFN5O2/c1-14-6-5-7-17(24)18(14)25-12-15-13-26-20(23)28-19(15)27-16-8-10-29(11-9-16)21(30)31-22(2,3)4/h5-7,13,16,25H,8-12H2,1-4H3,(H,26,27,28). The molecule has 1 aromatic carbocycles. The average molecular weight is 450 g/mol. The molecule has 0 radical (unpaired) electrons. The van der Waals surface area contributed by atoms with Crippen LogP contribution in [0, 0.1) is 12.7 Å². The third kappa shape index (κ3) is 6.43. The van der Waals surface area contributed by atoms with E-state index in [1.807, 2.05) is 33.8 Å². The number of halogens is 2. The Morgan fingerprint density at radius 3 is 2.68 bits per heavy atom. The summed E-state index contributed by atoms with van der Waals surface area (Å²) >= 11 is 6.02. The zero-order valence-corrected chi connectivity index (χ0v) is 19.1. The highest BCUT2D eigenvalue weighted by atomic mass is 35.5. The number of carbonyl (C=O) groups is 1. The Balaban J connectivity index is 1.62. The van der Waals surface area contributed by atoms with Gasteiger partial charge in [-0.3, -0.25) is 0 Å². The van der Waals surface area contributed by atoms with Crippen molar-refractivity contribution in [2.75, 3.05) is 23.7 Å². The Morgan fingerprint density at radius 1 is 1.32 bits per heavy atom. The van der Waals surface area contributed by atoms with Crippen molar-refractivity contribution in [2.24, 2.45) is 0 Å². The molecular weight excluding hydrogens is 421 g/mol. The Kier molecular flexibility index (Phi) is 7.20. The van der Waals surface area contributed by atoms with E-state index in [2.05, 4.69) is 20.6 Å². The first-order valence-corrected chi connectivity index (χ1v) is 10.7. The molecule has 0 atom stereocenters. The molecule has 2 aromatic rings. The summed E-state index contributed by atoms with van der Waals surface area (Å²) in [5, 5.41) is 6.68. The SMILES string of the molecule is Cc1cccc(F)c1NCc1cnc(Cl)nc1NC1CCN(C(=O)OC(C)(C)C)CC1. The Hall–Kier alpha value is -2.61. The fraction of sp³-hybridized carbons (Fsp3) is 0.500. The van der Waals surface area contributed by atoms with Crippen molar-refractivity contribution in [3.05, 3.63) is 46.6 Å². The lowest BCUT2D eigenvalue weighted by Gasteiger charge is -2.34. The molecule has 0 unspecified atom stereocenters. The van der Waals surface area contributed by atoms with E-state index in [0.717, 1.165) is 24.0 Å². The van der Waals surface area contributed by atoms with Crippen molar-refractivity contribution in [3.63, 3.8) is 0 Å². The summed E-state index contributed by atoms with van der Waals surface area (Å²) in [5.74, 6) is 0.302. The van der Waals surface area contributed by atoms with Gasteiger partial charge in [0, 0.05) is 37.4 Å². The molecule has 0 aliphatic carbocycles. The molecule has 31 heavy (non-hydrogen) atoms. The van der Waals surface area contributed by atoms with E-state index in [-0.39, 0.29) is 23.2 Å². The lowest BCUT2D eigenvalue weighted by atomic mass is 10.1. The quantitative estimate of drug-likeness (QED) is 0.625. The summed E-state index contributed by atoms with van der Waals surface area (Å²) in [5.41, 5.74) is 1.54. The molecule has 0 spiro atoms. The summed E-state index contributed by atoms with van der Waals surface area (Å²) in [7, 11) is 0. The smallest absolute Gasteiger partial charge is 0.410 e. The van der Waals surface area contributed by atoms with Crippen LogP contribution in [0.2, 0.25) is 5.28 Å². The maximum atomic E-state index is 14.1. The highest BCUT2D eigenvalue weighted by Crippen LogP contribution is 2.24. The second-order valence-corrected chi connectivity index (χ2v) is 9.02. The van der Waals surface area contributed by atoms with Gasteiger partial charge in [0.15, 0.2) is 0 Å². The van der Waals surface area contributed by atoms with Gasteiger partial charge in [-0.25, -0.2) is 19.2 Å². The Labute approximate surface area is 187 Å². The van der Waals surface area contributed by atoms with Crippen molar-refractivity contribution in [1.29, 1.82) is 0 Å². The summed E-state index contributed by atoms with van der Waals surface area (Å²) in [4.78, 5) is 22.4. The second-order valence-electron chi connectivity index (χ2n) is 8.68. The van der Waals surface area contributed by atoms with Gasteiger partial charge in [-0.15, -0.1) is 0 Å². The first kappa shape index (κ1) is 23.1. The molecule has 0 saturated carbocycles. The first-order valence-electron chi connectivity index (χ1n) is 10.4. The van der Waals surface area contributed by atoms with Crippen LogP contribution in [0.25, 0.3) is 0 Å². The number of piperidine rings is 1. The maximum Gasteiger partial charge on any atom is 0.410 e. The molecule has 7 nitrogen and oxygen atoms in total. The van der Waals surface area contributed by atoms with Gasteiger partial charge >= 0.3 is 6.09 Å². The van der Waals surface area contributed by atoms with Gasteiger partial charge in [-0.1, -0.05) is 12.1 Å². The van der Waals surface area contributed by atoms with E-state index in [0.29, 0.717) is 31.1 Å². The topological polar surface area (TPSA) is 79.4 Å². The molecule has 1 aliphatic rings. The third-order valence-electron chi connectivity index (χ3n) is 5.00. The fourth-order valence-corrected chi connectivity index (χ4v) is 3.54. The van der Waals surface area contributed by atoms with E-state index in [1.165, 1.54) is 6.07 Å². The summed E-state index contributed by atoms with van der Waals surface area (Å²) in [6, 6.07) is 5.07. The van der Waals surface area contributed by atoms with Gasteiger partial charge < -0.3 is 20.3 Å². The first-order chi connectivity index (χ1) is 14.6. The average Bonchev–Trinajstić information content (AvgIpc) is 2.68. The van der Waals surface area contributed by atoms with Crippen molar-refractivity contribution in [1.82, 2.24) is 14.9 Å². The minimum Gasteiger partial charge on any atom is -0.444 e. The second kappa shape index (κ2) is 9.68. The highest BCUT2D eigenvalue weighted by molar-refractivity contribution is 6.28. The van der Waals surface area contributed by atoms with Crippen LogP contribution < -0.4 is 10.6 Å². The number of likely N-dealkylation sites (tertiary alicyclic amines) is 1. The van der Waals surface area contributed by atoms with Crippen LogP contribution >= 0.6 is 11.6 Å². The molecule has 1 amide bonds. The van der Waals surface area contributed by atoms with Crippen LogP contribution in [0.15, 0.2) is 24.4 Å². The molecule has 1 fully saturated rings. The predicted molar refractivity (Wildman–Crippen MR) is 120 cm³/mol. The summed E-state index contributed by atoms with van der Waals surface area (Å²) in [6.45, 7) is 8.95. The molecule has 2 N–H and O–H groups in total. The van der Waals surface area contributed by atoms with Crippen LogP contribution in [0.1, 0.15) is 44.7 Å². The molecule has 2 heterocycles. The number of aromatic nitrogens is 2. The van der Waals surface area contributed by atoms with Crippen molar-refractivity contribution >= 4 is 29.2 Å². The monoisotopic (exact) mass is 449 g/mol. The van der Waals surface area contributed by atoms with Gasteiger partial charge in [0.25, 0.3) is 0 Å². The minimum absolute atomic E-state index is 0.124. The van der Waals surface area contributed by atoms with E-state index >= 15 is 0 Å². The molecule has 1 aliphatic heterocycles. The Morgan fingerprint density at radius 2 is 2.03 bits per heavy atom. The number of hydrogen-bond donors (Lipinski definition) is 2. The van der Waals surface area contributed by atoms with Gasteiger partial charge in [0.2, 0.25) is 5.28 Å². The zero-order valence-electron chi connectivity index (χ0n) is 18.3. The number of hydrogen-bond acceptors (Lipinski definition) is 6. The lowest BCUT2D eigenvalue weighted by Crippen LogP contribution is -2.44. The zero-order chi connectivity index (χ0) is 22.6. The maximum absolute atomic E-state index is 14.1. The fourth-order valence-electron chi connectivity index (χ4n) is 3.41. The number of aryl methyl sites for hydroxylation is 1. The summed E-state index contributed by atoms with van der Waals surface area (Å²) in [6.07, 6.45) is 2.85. The van der Waals surface area contributed by atoms with E-state index in [1.54, 1.807) is 17.2 Å². The number of amides is 1. The van der Waals surface area contributed by atoms with Crippen molar-refractivity contribution < 1.29 is 13.9 Å². The number of anilines is 2. The van der Waals surface area contributed by atoms with Gasteiger partial charge in [-0.05, 0) is 63.8 Å². The number of ether oxygens (including phenoxy) is 1. The van der Waals surface area contributed by atoms with Crippen molar-refractivity contribution in [2.45, 2.75) is 58.7 Å². The van der Waals surface area contributed by atoms with E-state index in [4.69, 9.17) is 16.3 Å². The number of para-hydroxylation sites is 1. The van der Waals surface area contributed by atoms with E-state index in [9.17, 15) is 9.18 Å². The van der Waals surface area contributed by atoms with Crippen LogP contribution in [0.5, 0.6) is 0 Å². The normalized spacial score (nSPS) is 15.0. The molecule has 9 heteroatoms. The molecule has 1 aromatic heterocycles. The van der Waals surface area contributed by atoms with Crippen LogP contribution in [0.3, 0.4) is 0 Å². The van der Waals surface area contributed by atoms with Gasteiger partial charge in [0.05, 0.1) is 5.69 Å². The number of benzene rings is 1. The number of nitrogens with zero attached hydrogens (tertiary/aromatic N) is 3. The number of nitrogens with one attached hydrogen (secondary N) is 2. The van der Waals surface area contributed by atoms with Gasteiger partial charge in [0.1, 0.15) is 17.2 Å². The summed E-state index contributed by atoms with van der Waals surface area (Å²) < 4.78 is 19.6. The largest absolute Gasteiger partial charge is 0.444 e. The third-order valence-corrected chi connectivity index (χ3v) is 5.18. The predicted octanol–water partition coefficient (Wildman–Crippen LogP) is 5.00. The van der Waals surface area contributed by atoms with E-state index < -0.39 is 5.60 Å². The Bertz CT molecular complexity index is 906. The highest BCUT2D eigenvalue weighted by Gasteiger charge is 2.27. The molecule has 0 bridgehead atoms. The minimum atomic E-state index is -0.512. The van der Waals surface area contributed by atoms with Gasteiger partial charge in [-0.2, -0.15) is 0 Å². The molecular formula is C22H29ClFN5O2. The number of rotatable bonds is 5. The van der Waals surface area contributed by atoms with Crippen LogP contribution in [-0.4, -0.2) is 45.7 Å². The molecule has 168 valence electrons. The van der Waals surface area contributed by atoms with Crippen LogP contribution in [0.4, 0.5) is 20.7 Å². The lowest BCUT2D eigenvalue weighted by molar-refractivity contribution is 0.0210. The molecule has 3 rings (SSSR count). The van der Waals surface area contributed by atoms with Crippen molar-refractivity contribution in [3.8, 4) is 0 Å².